The van der Waals surface area contributed by atoms with Crippen molar-refractivity contribution in [3.05, 3.63) is 59.7 Å². The van der Waals surface area contributed by atoms with Crippen molar-refractivity contribution in [2.24, 2.45) is 17.3 Å². The maximum absolute atomic E-state index is 12.5. The molecule has 0 aromatic heterocycles. The lowest BCUT2D eigenvalue weighted by Crippen LogP contribution is -2.47. The zero-order valence-electron chi connectivity index (χ0n) is 17.6. The van der Waals surface area contributed by atoms with Crippen LogP contribution in [0.3, 0.4) is 0 Å². The number of fused-ring (bicyclic) bond motifs is 3. The SMILES string of the molecule is CC1CCC(CNC(=O)OCC2c3ccccc3-c3ccccc32)(C(=O)O)CC1C. The summed E-state index contributed by atoms with van der Waals surface area (Å²) in [5.74, 6) is -0.0153. The normalized spacial score (nSPS) is 25.3. The number of ether oxygens (including phenoxy) is 1. The van der Waals surface area contributed by atoms with E-state index in [0.29, 0.717) is 24.7 Å². The van der Waals surface area contributed by atoms with Crippen molar-refractivity contribution < 1.29 is 19.4 Å². The molecule has 0 saturated heterocycles. The number of hydrogen-bond acceptors (Lipinski definition) is 3. The molecule has 2 aromatic rings. The first-order valence-electron chi connectivity index (χ1n) is 10.7. The van der Waals surface area contributed by atoms with Crippen LogP contribution in [-0.2, 0) is 9.53 Å². The number of carbonyl (C=O) groups is 2. The van der Waals surface area contributed by atoms with Gasteiger partial charge in [-0.3, -0.25) is 4.79 Å². The number of amides is 1. The molecule has 3 atom stereocenters. The minimum atomic E-state index is -0.905. The predicted molar refractivity (Wildman–Crippen MR) is 115 cm³/mol. The summed E-state index contributed by atoms with van der Waals surface area (Å²) < 4.78 is 5.56. The summed E-state index contributed by atoms with van der Waals surface area (Å²) in [6.07, 6.45) is 1.47. The van der Waals surface area contributed by atoms with E-state index in [0.717, 1.165) is 17.5 Å². The highest BCUT2D eigenvalue weighted by atomic mass is 16.5. The van der Waals surface area contributed by atoms with Crippen molar-refractivity contribution >= 4 is 12.1 Å². The maximum atomic E-state index is 12.5. The van der Waals surface area contributed by atoms with Gasteiger partial charge in [0.25, 0.3) is 0 Å². The number of carboxylic acids is 1. The molecule has 2 N–H and O–H groups in total. The monoisotopic (exact) mass is 407 g/mol. The lowest BCUT2D eigenvalue weighted by atomic mass is 9.66. The van der Waals surface area contributed by atoms with E-state index in [1.807, 2.05) is 24.3 Å². The van der Waals surface area contributed by atoms with Crippen LogP contribution in [0, 0.1) is 17.3 Å². The largest absolute Gasteiger partial charge is 0.481 e. The van der Waals surface area contributed by atoms with Crippen LogP contribution < -0.4 is 5.32 Å². The van der Waals surface area contributed by atoms with Gasteiger partial charge in [-0.25, -0.2) is 4.79 Å². The third-order valence-corrected chi connectivity index (χ3v) is 7.13. The number of nitrogens with one attached hydrogen (secondary N) is 1. The summed E-state index contributed by atoms with van der Waals surface area (Å²) >= 11 is 0. The zero-order chi connectivity index (χ0) is 21.3. The smallest absolute Gasteiger partial charge is 0.407 e. The Labute approximate surface area is 177 Å². The highest BCUT2D eigenvalue weighted by Gasteiger charge is 2.44. The molecule has 2 aromatic carbocycles. The molecule has 0 radical (unpaired) electrons. The number of carbonyl (C=O) groups excluding carboxylic acids is 1. The second-order valence-electron chi connectivity index (χ2n) is 8.96. The second-order valence-corrected chi connectivity index (χ2v) is 8.96. The lowest BCUT2D eigenvalue weighted by Gasteiger charge is -2.39. The van der Waals surface area contributed by atoms with Crippen LogP contribution in [0.1, 0.15) is 50.2 Å². The van der Waals surface area contributed by atoms with Crippen LogP contribution in [0.5, 0.6) is 0 Å². The van der Waals surface area contributed by atoms with E-state index in [9.17, 15) is 14.7 Å². The van der Waals surface area contributed by atoms with E-state index in [4.69, 9.17) is 4.74 Å². The first-order chi connectivity index (χ1) is 14.4. The summed E-state index contributed by atoms with van der Waals surface area (Å²) in [4.78, 5) is 24.4. The van der Waals surface area contributed by atoms with Crippen LogP contribution >= 0.6 is 0 Å². The zero-order valence-corrected chi connectivity index (χ0v) is 17.6. The first kappa shape index (κ1) is 20.5. The molecule has 30 heavy (non-hydrogen) atoms. The Bertz CT molecular complexity index is 910. The highest BCUT2D eigenvalue weighted by molar-refractivity contribution is 5.79. The number of benzene rings is 2. The molecule has 1 fully saturated rings. The number of rotatable bonds is 5. The fraction of sp³-hybridized carbons (Fsp3) is 0.440. The van der Waals surface area contributed by atoms with Crippen LogP contribution in [-0.4, -0.2) is 30.3 Å². The summed E-state index contributed by atoms with van der Waals surface area (Å²) in [7, 11) is 0. The van der Waals surface area contributed by atoms with Crippen LogP contribution in [0.4, 0.5) is 4.79 Å². The number of aliphatic carboxylic acids is 1. The molecule has 5 nitrogen and oxygen atoms in total. The van der Waals surface area contributed by atoms with Crippen molar-refractivity contribution in [2.45, 2.75) is 39.0 Å². The van der Waals surface area contributed by atoms with E-state index < -0.39 is 17.5 Å². The fourth-order valence-electron chi connectivity index (χ4n) is 5.03. The van der Waals surface area contributed by atoms with E-state index in [2.05, 4.69) is 43.4 Å². The topological polar surface area (TPSA) is 75.6 Å². The molecule has 4 rings (SSSR count). The Morgan fingerprint density at radius 2 is 1.63 bits per heavy atom. The molecule has 2 aliphatic rings. The summed E-state index contributed by atoms with van der Waals surface area (Å²) in [6.45, 7) is 4.59. The Balaban J connectivity index is 1.40. The van der Waals surface area contributed by atoms with Crippen molar-refractivity contribution in [1.29, 1.82) is 0 Å². The number of hydrogen-bond donors (Lipinski definition) is 2. The molecule has 2 aliphatic carbocycles. The van der Waals surface area contributed by atoms with Gasteiger partial charge in [0.05, 0.1) is 5.41 Å². The van der Waals surface area contributed by atoms with Gasteiger partial charge in [-0.05, 0) is 53.4 Å². The second kappa shape index (κ2) is 8.13. The van der Waals surface area contributed by atoms with Crippen LogP contribution in [0.15, 0.2) is 48.5 Å². The van der Waals surface area contributed by atoms with Crippen molar-refractivity contribution in [2.75, 3.05) is 13.2 Å². The Morgan fingerprint density at radius 3 is 2.20 bits per heavy atom. The first-order valence-corrected chi connectivity index (χ1v) is 10.7. The number of alkyl carbamates (subject to hydrolysis) is 1. The van der Waals surface area contributed by atoms with Gasteiger partial charge < -0.3 is 15.2 Å². The van der Waals surface area contributed by atoms with E-state index in [1.54, 1.807) is 0 Å². The Kier molecular flexibility index (Phi) is 5.54. The van der Waals surface area contributed by atoms with E-state index in [1.165, 1.54) is 11.1 Å². The Morgan fingerprint density at radius 1 is 1.03 bits per heavy atom. The molecule has 0 heterocycles. The Hall–Kier alpha value is -2.82. The molecular weight excluding hydrogens is 378 g/mol. The summed E-state index contributed by atoms with van der Waals surface area (Å²) in [5.41, 5.74) is 3.76. The van der Waals surface area contributed by atoms with Gasteiger partial charge in [0.1, 0.15) is 6.61 Å². The third kappa shape index (κ3) is 3.69. The van der Waals surface area contributed by atoms with E-state index in [-0.39, 0.29) is 19.1 Å². The van der Waals surface area contributed by atoms with Gasteiger partial charge in [0.2, 0.25) is 0 Å². The molecule has 158 valence electrons. The molecule has 1 saturated carbocycles. The predicted octanol–water partition coefficient (Wildman–Crippen LogP) is 5.05. The summed E-state index contributed by atoms with van der Waals surface area (Å²) in [6, 6.07) is 16.4. The van der Waals surface area contributed by atoms with Gasteiger partial charge in [-0.2, -0.15) is 0 Å². The third-order valence-electron chi connectivity index (χ3n) is 7.13. The standard InChI is InChI=1S/C25H29NO4/c1-16-11-12-25(23(27)28,13-17(16)2)15-26-24(29)30-14-22-20-9-5-3-7-18(20)19-8-4-6-10-21(19)22/h3-10,16-17,22H,11-15H2,1-2H3,(H,26,29)(H,27,28). The minimum Gasteiger partial charge on any atom is -0.481 e. The van der Waals surface area contributed by atoms with Gasteiger partial charge in [0.15, 0.2) is 0 Å². The van der Waals surface area contributed by atoms with Crippen molar-refractivity contribution in [1.82, 2.24) is 5.32 Å². The molecule has 3 unspecified atom stereocenters. The molecule has 0 bridgehead atoms. The van der Waals surface area contributed by atoms with Crippen LogP contribution in [0.25, 0.3) is 11.1 Å². The maximum Gasteiger partial charge on any atom is 0.407 e. The highest BCUT2D eigenvalue weighted by Crippen LogP contribution is 2.45. The van der Waals surface area contributed by atoms with Crippen LogP contribution in [0.2, 0.25) is 0 Å². The molecular formula is C25H29NO4. The van der Waals surface area contributed by atoms with Gasteiger partial charge in [0, 0.05) is 12.5 Å². The van der Waals surface area contributed by atoms with Crippen molar-refractivity contribution in [3.63, 3.8) is 0 Å². The van der Waals surface area contributed by atoms with Gasteiger partial charge in [-0.1, -0.05) is 62.4 Å². The number of carboxylic acid groups (broad SMARTS) is 1. The average molecular weight is 408 g/mol. The van der Waals surface area contributed by atoms with Gasteiger partial charge in [-0.15, -0.1) is 0 Å². The molecule has 5 heteroatoms. The lowest BCUT2D eigenvalue weighted by molar-refractivity contribution is -0.152. The average Bonchev–Trinajstić information content (AvgIpc) is 3.07. The molecule has 0 aliphatic heterocycles. The van der Waals surface area contributed by atoms with Gasteiger partial charge >= 0.3 is 12.1 Å². The van der Waals surface area contributed by atoms with Crippen molar-refractivity contribution in [3.8, 4) is 11.1 Å². The summed E-state index contributed by atoms with van der Waals surface area (Å²) in [5, 5.41) is 12.6. The van der Waals surface area contributed by atoms with E-state index >= 15 is 0 Å². The minimum absolute atomic E-state index is 0.00728. The quantitative estimate of drug-likeness (QED) is 0.727. The molecule has 0 spiro atoms. The fourth-order valence-corrected chi connectivity index (χ4v) is 5.03. The molecule has 1 amide bonds.